The summed E-state index contributed by atoms with van der Waals surface area (Å²) in [6, 6.07) is 9.86. The Bertz CT molecular complexity index is 745. The number of anilines is 1. The van der Waals surface area contributed by atoms with Crippen LogP contribution < -0.4 is 4.90 Å². The van der Waals surface area contributed by atoms with Crippen LogP contribution in [0.1, 0.15) is 19.0 Å². The maximum atomic E-state index is 12.4. The summed E-state index contributed by atoms with van der Waals surface area (Å²) < 4.78 is 0. The van der Waals surface area contributed by atoms with Crippen molar-refractivity contribution >= 4 is 39.4 Å². The fourth-order valence-electron chi connectivity index (χ4n) is 2.87. The van der Waals surface area contributed by atoms with Crippen LogP contribution in [-0.2, 0) is 9.59 Å². The number of para-hydroxylation sites is 1. The molecule has 5 heteroatoms. The van der Waals surface area contributed by atoms with Crippen LogP contribution in [0.15, 0.2) is 30.3 Å². The van der Waals surface area contributed by atoms with E-state index in [9.17, 15) is 9.59 Å². The molecule has 0 radical (unpaired) electrons. The summed E-state index contributed by atoms with van der Waals surface area (Å²) in [5.41, 5.74) is 2.75. The number of carbonyl (C=O) groups is 2. The smallest absolute Gasteiger partial charge is 0.227 e. The van der Waals surface area contributed by atoms with Gasteiger partial charge in [-0.25, -0.2) is 0 Å². The number of benzene rings is 1. The number of pyridine rings is 1. The number of nitrogens with zero attached hydrogens (tertiary/aromatic N) is 2. The van der Waals surface area contributed by atoms with Crippen LogP contribution in [0, 0.1) is 12.8 Å². The Morgan fingerprint density at radius 1 is 1.41 bits per heavy atom. The topological polar surface area (TPSA) is 50.3 Å². The first-order valence-electron chi connectivity index (χ1n) is 7.34. The number of aryl methyl sites for hydroxylation is 1. The number of aromatic nitrogens is 1. The van der Waals surface area contributed by atoms with Gasteiger partial charge >= 0.3 is 0 Å². The van der Waals surface area contributed by atoms with E-state index in [0.29, 0.717) is 18.7 Å². The van der Waals surface area contributed by atoms with Crippen LogP contribution in [0.3, 0.4) is 0 Å². The molecule has 0 bridgehead atoms. The van der Waals surface area contributed by atoms with Gasteiger partial charge in [-0.3, -0.25) is 14.6 Å². The molecule has 4 nitrogen and oxygen atoms in total. The Kier molecular flexibility index (Phi) is 4.16. The Balaban J connectivity index is 1.91. The SMILES string of the molecule is CC(=O)SCC1CC(=O)N(c2cc(C)nc3ccccc23)C1. The van der Waals surface area contributed by atoms with Gasteiger partial charge in [-0.2, -0.15) is 0 Å². The molecule has 1 aliphatic rings. The fourth-order valence-corrected chi connectivity index (χ4v) is 3.56. The summed E-state index contributed by atoms with van der Waals surface area (Å²) in [7, 11) is 0. The van der Waals surface area contributed by atoms with E-state index in [0.717, 1.165) is 22.3 Å². The number of hydrogen-bond donors (Lipinski definition) is 0. The second kappa shape index (κ2) is 6.08. The zero-order chi connectivity index (χ0) is 15.7. The highest BCUT2D eigenvalue weighted by Crippen LogP contribution is 2.32. The van der Waals surface area contributed by atoms with Gasteiger partial charge in [0.2, 0.25) is 5.91 Å². The van der Waals surface area contributed by atoms with Crippen molar-refractivity contribution in [2.24, 2.45) is 5.92 Å². The molecule has 3 rings (SSSR count). The zero-order valence-corrected chi connectivity index (χ0v) is 13.5. The molecule has 2 heterocycles. The van der Waals surface area contributed by atoms with Crippen LogP contribution >= 0.6 is 11.8 Å². The molecular formula is C17H18N2O2S. The van der Waals surface area contributed by atoms with E-state index in [1.54, 1.807) is 6.92 Å². The summed E-state index contributed by atoms with van der Waals surface area (Å²) >= 11 is 1.30. The normalized spacial score (nSPS) is 18.2. The lowest BCUT2D eigenvalue weighted by Crippen LogP contribution is -2.25. The first-order chi connectivity index (χ1) is 10.5. The largest absolute Gasteiger partial charge is 0.311 e. The van der Waals surface area contributed by atoms with Crippen LogP contribution in [0.5, 0.6) is 0 Å². The second-order valence-corrected chi connectivity index (χ2v) is 6.87. The third kappa shape index (κ3) is 2.99. The van der Waals surface area contributed by atoms with Gasteiger partial charge in [0.25, 0.3) is 0 Å². The molecule has 2 aromatic rings. The lowest BCUT2D eigenvalue weighted by molar-refractivity contribution is -0.117. The first-order valence-corrected chi connectivity index (χ1v) is 8.33. The van der Waals surface area contributed by atoms with E-state index in [2.05, 4.69) is 4.98 Å². The first kappa shape index (κ1) is 15.0. The van der Waals surface area contributed by atoms with Gasteiger partial charge in [-0.15, -0.1) is 0 Å². The van der Waals surface area contributed by atoms with Crippen molar-refractivity contribution in [3.05, 3.63) is 36.0 Å². The number of rotatable bonds is 3. The van der Waals surface area contributed by atoms with E-state index in [1.165, 1.54) is 11.8 Å². The summed E-state index contributed by atoms with van der Waals surface area (Å²) in [4.78, 5) is 29.9. The number of thioether (sulfide) groups is 1. The monoisotopic (exact) mass is 314 g/mol. The number of fused-ring (bicyclic) bond motifs is 1. The zero-order valence-electron chi connectivity index (χ0n) is 12.7. The number of hydrogen-bond acceptors (Lipinski definition) is 4. The molecule has 1 aromatic carbocycles. The van der Waals surface area contributed by atoms with E-state index >= 15 is 0 Å². The molecule has 1 aliphatic heterocycles. The second-order valence-electron chi connectivity index (χ2n) is 5.68. The number of amides is 1. The van der Waals surface area contributed by atoms with Gasteiger partial charge in [-0.1, -0.05) is 30.0 Å². The van der Waals surface area contributed by atoms with Gasteiger partial charge in [0, 0.05) is 36.7 Å². The van der Waals surface area contributed by atoms with Crippen molar-refractivity contribution in [1.29, 1.82) is 0 Å². The minimum atomic E-state index is 0.108. The van der Waals surface area contributed by atoms with Crippen LogP contribution in [0.2, 0.25) is 0 Å². The minimum Gasteiger partial charge on any atom is -0.311 e. The average Bonchev–Trinajstić information content (AvgIpc) is 2.85. The molecule has 0 spiro atoms. The highest BCUT2D eigenvalue weighted by atomic mass is 32.2. The summed E-state index contributed by atoms with van der Waals surface area (Å²) in [5.74, 6) is 1.07. The van der Waals surface area contributed by atoms with Crippen molar-refractivity contribution in [3.8, 4) is 0 Å². The lowest BCUT2D eigenvalue weighted by Gasteiger charge is -2.19. The fraction of sp³-hybridized carbons (Fsp3) is 0.353. The van der Waals surface area contributed by atoms with Gasteiger partial charge < -0.3 is 4.90 Å². The van der Waals surface area contributed by atoms with Crippen LogP contribution in [0.25, 0.3) is 10.9 Å². The van der Waals surface area contributed by atoms with Crippen molar-refractivity contribution in [2.75, 3.05) is 17.2 Å². The van der Waals surface area contributed by atoms with Gasteiger partial charge in [0.15, 0.2) is 5.12 Å². The Hall–Kier alpha value is -1.88. The Morgan fingerprint density at radius 3 is 2.95 bits per heavy atom. The third-order valence-electron chi connectivity index (χ3n) is 3.84. The van der Waals surface area contributed by atoms with Crippen molar-refractivity contribution in [1.82, 2.24) is 4.98 Å². The van der Waals surface area contributed by atoms with Gasteiger partial charge in [0.05, 0.1) is 11.2 Å². The molecule has 1 unspecified atom stereocenters. The molecule has 114 valence electrons. The molecule has 0 saturated carbocycles. The third-order valence-corrected chi connectivity index (χ3v) is 4.89. The standard InChI is InChI=1S/C17H18N2O2S/c1-11-7-16(14-5-3-4-6-15(14)18-11)19-9-13(8-17(19)21)10-22-12(2)20/h3-7,13H,8-10H2,1-2H3. The van der Waals surface area contributed by atoms with E-state index < -0.39 is 0 Å². The maximum Gasteiger partial charge on any atom is 0.227 e. The lowest BCUT2D eigenvalue weighted by atomic mass is 10.1. The Morgan fingerprint density at radius 2 is 2.18 bits per heavy atom. The van der Waals surface area contributed by atoms with Gasteiger partial charge in [0.1, 0.15) is 0 Å². The van der Waals surface area contributed by atoms with Crippen LogP contribution in [0.4, 0.5) is 5.69 Å². The molecule has 0 aliphatic carbocycles. The highest BCUT2D eigenvalue weighted by Gasteiger charge is 2.31. The Labute approximate surface area is 133 Å². The van der Waals surface area contributed by atoms with Crippen molar-refractivity contribution < 1.29 is 9.59 Å². The highest BCUT2D eigenvalue weighted by molar-refractivity contribution is 8.13. The summed E-state index contributed by atoms with van der Waals surface area (Å²) in [5, 5.41) is 1.11. The predicted octanol–water partition coefficient (Wildman–Crippen LogP) is 3.18. The quantitative estimate of drug-likeness (QED) is 0.873. The molecule has 1 aromatic heterocycles. The minimum absolute atomic E-state index is 0.108. The van der Waals surface area contributed by atoms with Crippen molar-refractivity contribution in [2.45, 2.75) is 20.3 Å². The van der Waals surface area contributed by atoms with Gasteiger partial charge in [-0.05, 0) is 25.0 Å². The molecule has 0 N–H and O–H groups in total. The van der Waals surface area contributed by atoms with Crippen LogP contribution in [-0.4, -0.2) is 28.3 Å². The molecular weight excluding hydrogens is 296 g/mol. The molecule has 1 atom stereocenters. The number of carbonyl (C=O) groups excluding carboxylic acids is 2. The van der Waals surface area contributed by atoms with E-state index in [1.807, 2.05) is 42.2 Å². The average molecular weight is 314 g/mol. The van der Waals surface area contributed by atoms with E-state index in [-0.39, 0.29) is 16.9 Å². The molecule has 1 amide bonds. The molecule has 1 fully saturated rings. The predicted molar refractivity (Wildman–Crippen MR) is 90.1 cm³/mol. The van der Waals surface area contributed by atoms with E-state index in [4.69, 9.17) is 0 Å². The molecule has 1 saturated heterocycles. The summed E-state index contributed by atoms with van der Waals surface area (Å²) in [6.07, 6.45) is 0.510. The van der Waals surface area contributed by atoms with Crippen molar-refractivity contribution in [3.63, 3.8) is 0 Å². The summed E-state index contributed by atoms with van der Waals surface area (Å²) in [6.45, 7) is 4.19. The molecule has 22 heavy (non-hydrogen) atoms. The maximum absolute atomic E-state index is 12.4.